The lowest BCUT2D eigenvalue weighted by Gasteiger charge is -2.15. The summed E-state index contributed by atoms with van der Waals surface area (Å²) in [6.45, 7) is 4.65. The first-order chi connectivity index (χ1) is 5.81. The van der Waals surface area contributed by atoms with Crippen molar-refractivity contribution in [3.8, 4) is 0 Å². The topological polar surface area (TPSA) is 32.4 Å². The summed E-state index contributed by atoms with van der Waals surface area (Å²) in [5.41, 5.74) is 0. The van der Waals surface area contributed by atoms with Gasteiger partial charge in [0, 0.05) is 6.61 Å². The zero-order chi connectivity index (χ0) is 9.23. The summed E-state index contributed by atoms with van der Waals surface area (Å²) >= 11 is 0. The average molecular weight is 174 g/mol. The van der Waals surface area contributed by atoms with Gasteiger partial charge in [-0.15, -0.1) is 0 Å². The summed E-state index contributed by atoms with van der Waals surface area (Å²) in [5, 5.41) is 10.1. The molecule has 0 aliphatic heterocycles. The van der Waals surface area contributed by atoms with E-state index in [2.05, 4.69) is 11.8 Å². The zero-order valence-corrected chi connectivity index (χ0v) is 8.21. The molecule has 3 heteroatoms. The minimum Gasteiger partial charge on any atom is -0.366 e. The fourth-order valence-corrected chi connectivity index (χ4v) is 0.973. The Hall–Kier alpha value is -0.120. The Morgan fingerprint density at radius 3 is 2.67 bits per heavy atom. The van der Waals surface area contributed by atoms with Gasteiger partial charge in [-0.3, -0.25) is 4.90 Å². The van der Waals surface area contributed by atoms with Gasteiger partial charge in [0.2, 0.25) is 0 Å². The SMILES string of the molecule is CCCN(C)COCCCC[O]. The van der Waals surface area contributed by atoms with Gasteiger partial charge in [-0.2, -0.15) is 0 Å². The van der Waals surface area contributed by atoms with Crippen LogP contribution in [0.15, 0.2) is 0 Å². The van der Waals surface area contributed by atoms with Crippen LogP contribution < -0.4 is 0 Å². The summed E-state index contributed by atoms with van der Waals surface area (Å²) in [7, 11) is 2.04. The third-order valence-electron chi connectivity index (χ3n) is 1.60. The molecule has 0 fully saturated rings. The van der Waals surface area contributed by atoms with Crippen molar-refractivity contribution in [1.29, 1.82) is 0 Å². The van der Waals surface area contributed by atoms with Gasteiger partial charge >= 0.3 is 0 Å². The molecule has 0 aromatic heterocycles. The summed E-state index contributed by atoms with van der Waals surface area (Å²) in [5.74, 6) is 0. The molecule has 0 atom stereocenters. The van der Waals surface area contributed by atoms with Gasteiger partial charge in [-0.05, 0) is 32.9 Å². The quantitative estimate of drug-likeness (QED) is 0.413. The van der Waals surface area contributed by atoms with Crippen LogP contribution in [0.1, 0.15) is 26.2 Å². The summed E-state index contributed by atoms with van der Waals surface area (Å²) < 4.78 is 5.34. The normalized spacial score (nSPS) is 11.0. The van der Waals surface area contributed by atoms with Crippen LogP contribution in [0.2, 0.25) is 0 Å². The fraction of sp³-hybridized carbons (Fsp3) is 1.00. The predicted octanol–water partition coefficient (Wildman–Crippen LogP) is 1.51. The molecular formula is C9H20NO2. The molecule has 0 aromatic rings. The van der Waals surface area contributed by atoms with Crippen molar-refractivity contribution < 1.29 is 9.84 Å². The van der Waals surface area contributed by atoms with E-state index in [-0.39, 0.29) is 6.61 Å². The van der Waals surface area contributed by atoms with E-state index in [1.807, 2.05) is 7.05 Å². The highest BCUT2D eigenvalue weighted by Crippen LogP contribution is 1.91. The van der Waals surface area contributed by atoms with E-state index in [0.29, 0.717) is 6.73 Å². The maximum absolute atomic E-state index is 10.1. The van der Waals surface area contributed by atoms with E-state index in [1.165, 1.54) is 0 Å². The van der Waals surface area contributed by atoms with Gasteiger partial charge in [0.05, 0.1) is 13.3 Å². The number of rotatable bonds is 8. The summed E-state index contributed by atoms with van der Waals surface area (Å²) in [4.78, 5) is 2.14. The lowest BCUT2D eigenvalue weighted by molar-refractivity contribution is 0.0379. The Labute approximate surface area is 75.3 Å². The summed E-state index contributed by atoms with van der Waals surface area (Å²) in [6.07, 6.45) is 2.78. The van der Waals surface area contributed by atoms with E-state index < -0.39 is 0 Å². The number of hydrogen-bond acceptors (Lipinski definition) is 2. The molecule has 0 unspecified atom stereocenters. The number of ether oxygens (including phenoxy) is 1. The van der Waals surface area contributed by atoms with Crippen molar-refractivity contribution >= 4 is 0 Å². The van der Waals surface area contributed by atoms with Gasteiger partial charge in [-0.25, -0.2) is 5.11 Å². The molecule has 12 heavy (non-hydrogen) atoms. The Bertz CT molecular complexity index is 88.6. The second-order valence-electron chi connectivity index (χ2n) is 3.03. The molecule has 73 valence electrons. The van der Waals surface area contributed by atoms with E-state index in [9.17, 15) is 5.11 Å². The first-order valence-electron chi connectivity index (χ1n) is 4.65. The third kappa shape index (κ3) is 7.98. The van der Waals surface area contributed by atoms with Gasteiger partial charge in [0.1, 0.15) is 0 Å². The van der Waals surface area contributed by atoms with Crippen LogP contribution in [0.4, 0.5) is 0 Å². The number of hydrogen-bond donors (Lipinski definition) is 0. The first-order valence-corrected chi connectivity index (χ1v) is 4.65. The monoisotopic (exact) mass is 174 g/mol. The van der Waals surface area contributed by atoms with Crippen molar-refractivity contribution in [3.05, 3.63) is 0 Å². The second kappa shape index (κ2) is 8.97. The molecule has 0 aromatic carbocycles. The molecular weight excluding hydrogens is 154 g/mol. The van der Waals surface area contributed by atoms with E-state index in [1.54, 1.807) is 0 Å². The van der Waals surface area contributed by atoms with E-state index in [0.717, 1.165) is 32.4 Å². The largest absolute Gasteiger partial charge is 0.366 e. The van der Waals surface area contributed by atoms with Crippen LogP contribution >= 0.6 is 0 Å². The van der Waals surface area contributed by atoms with Gasteiger partial charge in [-0.1, -0.05) is 6.92 Å². The summed E-state index contributed by atoms with van der Waals surface area (Å²) in [6, 6.07) is 0. The zero-order valence-electron chi connectivity index (χ0n) is 8.21. The molecule has 0 aliphatic carbocycles. The molecule has 0 rings (SSSR count). The molecule has 0 N–H and O–H groups in total. The highest BCUT2D eigenvalue weighted by atomic mass is 16.5. The van der Waals surface area contributed by atoms with Gasteiger partial charge < -0.3 is 4.74 Å². The van der Waals surface area contributed by atoms with Crippen molar-refractivity contribution in [3.63, 3.8) is 0 Å². The van der Waals surface area contributed by atoms with Crippen molar-refractivity contribution in [2.24, 2.45) is 0 Å². The minimum absolute atomic E-state index is 0.0220. The lowest BCUT2D eigenvalue weighted by Crippen LogP contribution is -2.22. The maximum atomic E-state index is 10.1. The van der Waals surface area contributed by atoms with Crippen LogP contribution in [0.25, 0.3) is 0 Å². The standard InChI is InChI=1S/C9H20NO2/c1-3-6-10(2)9-12-8-5-4-7-11/h3-9H2,1-2H3. The van der Waals surface area contributed by atoms with Crippen LogP contribution in [0.5, 0.6) is 0 Å². The maximum Gasteiger partial charge on any atom is 0.0987 e. The minimum atomic E-state index is 0.0220. The molecule has 0 aliphatic rings. The highest BCUT2D eigenvalue weighted by Gasteiger charge is 1.95. The Balaban J connectivity index is 2.97. The molecule has 0 saturated carbocycles. The van der Waals surface area contributed by atoms with Crippen LogP contribution in [-0.4, -0.2) is 38.4 Å². The van der Waals surface area contributed by atoms with Crippen molar-refractivity contribution in [2.45, 2.75) is 26.2 Å². The smallest absolute Gasteiger partial charge is 0.0987 e. The Kier molecular flexibility index (Phi) is 8.88. The molecule has 1 radical (unpaired) electrons. The third-order valence-corrected chi connectivity index (χ3v) is 1.60. The first kappa shape index (κ1) is 11.9. The molecule has 0 saturated heterocycles. The predicted molar refractivity (Wildman–Crippen MR) is 48.5 cm³/mol. The number of unbranched alkanes of at least 4 members (excludes halogenated alkanes) is 1. The van der Waals surface area contributed by atoms with E-state index in [4.69, 9.17) is 4.74 Å². The second-order valence-corrected chi connectivity index (χ2v) is 3.03. The molecule has 0 amide bonds. The molecule has 0 spiro atoms. The molecule has 3 nitrogen and oxygen atoms in total. The molecule has 0 heterocycles. The van der Waals surface area contributed by atoms with Gasteiger partial charge in [0.25, 0.3) is 0 Å². The average Bonchev–Trinajstić information content (AvgIpc) is 2.05. The Morgan fingerprint density at radius 2 is 2.08 bits per heavy atom. The Morgan fingerprint density at radius 1 is 1.33 bits per heavy atom. The number of nitrogens with zero attached hydrogens (tertiary/aromatic N) is 1. The van der Waals surface area contributed by atoms with Crippen LogP contribution in [0.3, 0.4) is 0 Å². The highest BCUT2D eigenvalue weighted by molar-refractivity contribution is 4.41. The van der Waals surface area contributed by atoms with Crippen LogP contribution in [-0.2, 0) is 9.84 Å². The van der Waals surface area contributed by atoms with Crippen molar-refractivity contribution in [2.75, 3.05) is 33.5 Å². The van der Waals surface area contributed by atoms with Crippen LogP contribution in [0, 0.1) is 0 Å². The lowest BCUT2D eigenvalue weighted by atomic mass is 10.3. The van der Waals surface area contributed by atoms with E-state index >= 15 is 0 Å². The molecule has 0 bridgehead atoms. The van der Waals surface area contributed by atoms with Crippen molar-refractivity contribution in [1.82, 2.24) is 4.90 Å². The van der Waals surface area contributed by atoms with Gasteiger partial charge in [0.15, 0.2) is 0 Å². The fourth-order valence-electron chi connectivity index (χ4n) is 0.973.